The van der Waals surface area contributed by atoms with Gasteiger partial charge in [0, 0.05) is 20.4 Å². The summed E-state index contributed by atoms with van der Waals surface area (Å²) in [6.07, 6.45) is 0. The highest BCUT2D eigenvalue weighted by Crippen LogP contribution is 2.33. The summed E-state index contributed by atoms with van der Waals surface area (Å²) in [7, 11) is 1.44. The summed E-state index contributed by atoms with van der Waals surface area (Å²) < 4.78 is 5.24. The fourth-order valence-corrected chi connectivity index (χ4v) is 2.17. The zero-order valence-electron chi connectivity index (χ0n) is 12.6. The molecule has 2 amide bonds. The minimum Gasteiger partial charge on any atom is -0.496 e. The lowest BCUT2D eigenvalue weighted by Gasteiger charge is -2.11. The molecule has 10 nitrogen and oxygen atoms in total. The van der Waals surface area contributed by atoms with E-state index in [1.807, 2.05) is 0 Å². The molecule has 0 atom stereocenters. The Bertz CT molecular complexity index is 915. The molecule has 0 saturated heterocycles. The SMILES string of the molecule is COc1ccc(Cl)cc1-c1cc(C(=O)N=[N+]=[N-])nc(C(=O)N=[N+]=[N-])c1. The number of benzene rings is 1. The molecule has 0 bridgehead atoms. The molecule has 11 heteroatoms. The smallest absolute Gasteiger partial charge is 0.267 e. The zero-order chi connectivity index (χ0) is 18.4. The number of amides is 2. The fraction of sp³-hybridized carbons (Fsp3) is 0.0714. The first-order valence-corrected chi connectivity index (χ1v) is 6.92. The first-order valence-electron chi connectivity index (χ1n) is 6.55. The molecule has 0 radical (unpaired) electrons. The molecule has 0 N–H and O–H groups in total. The summed E-state index contributed by atoms with van der Waals surface area (Å²) in [5, 5.41) is 6.27. The average molecular weight is 358 g/mol. The number of carbonyl (C=O) groups excluding carboxylic acids is 2. The van der Waals surface area contributed by atoms with Crippen molar-refractivity contribution in [2.45, 2.75) is 0 Å². The number of pyridine rings is 1. The molecule has 0 aliphatic rings. The molecule has 1 aromatic carbocycles. The van der Waals surface area contributed by atoms with E-state index in [0.29, 0.717) is 21.9 Å². The van der Waals surface area contributed by atoms with Crippen molar-refractivity contribution in [1.29, 1.82) is 0 Å². The predicted octanol–water partition coefficient (Wildman–Crippen LogP) is 4.31. The lowest BCUT2D eigenvalue weighted by molar-refractivity contribution is 0.0992. The van der Waals surface area contributed by atoms with E-state index >= 15 is 0 Å². The van der Waals surface area contributed by atoms with Crippen molar-refractivity contribution in [3.05, 3.63) is 67.6 Å². The van der Waals surface area contributed by atoms with Crippen LogP contribution in [0.1, 0.15) is 21.0 Å². The van der Waals surface area contributed by atoms with Crippen LogP contribution in [-0.2, 0) is 0 Å². The van der Waals surface area contributed by atoms with Crippen molar-refractivity contribution < 1.29 is 14.3 Å². The van der Waals surface area contributed by atoms with Gasteiger partial charge < -0.3 is 4.74 Å². The van der Waals surface area contributed by atoms with Crippen LogP contribution in [0.5, 0.6) is 5.75 Å². The Morgan fingerprint density at radius 3 is 2.12 bits per heavy atom. The maximum Gasteiger partial charge on any atom is 0.267 e. The third-order valence-electron chi connectivity index (χ3n) is 3.01. The van der Waals surface area contributed by atoms with Gasteiger partial charge in [-0.2, -0.15) is 0 Å². The van der Waals surface area contributed by atoms with Crippen LogP contribution < -0.4 is 4.74 Å². The first kappa shape index (κ1) is 17.8. The Morgan fingerprint density at radius 1 is 1.08 bits per heavy atom. The summed E-state index contributed by atoms with van der Waals surface area (Å²) in [6.45, 7) is 0. The van der Waals surface area contributed by atoms with Crippen molar-refractivity contribution >= 4 is 23.4 Å². The second-order valence-corrected chi connectivity index (χ2v) is 4.90. The van der Waals surface area contributed by atoms with Gasteiger partial charge in [-0.1, -0.05) is 11.6 Å². The summed E-state index contributed by atoms with van der Waals surface area (Å²) >= 11 is 5.99. The number of nitrogens with zero attached hydrogens (tertiary/aromatic N) is 7. The van der Waals surface area contributed by atoms with E-state index in [9.17, 15) is 9.59 Å². The average Bonchev–Trinajstić information content (AvgIpc) is 2.61. The van der Waals surface area contributed by atoms with Gasteiger partial charge in [0.25, 0.3) is 11.8 Å². The second kappa shape index (κ2) is 7.80. The maximum atomic E-state index is 11.8. The third kappa shape index (κ3) is 4.04. The second-order valence-electron chi connectivity index (χ2n) is 4.46. The monoisotopic (exact) mass is 357 g/mol. The van der Waals surface area contributed by atoms with Crippen LogP contribution in [0.4, 0.5) is 0 Å². The number of hydrogen-bond donors (Lipinski definition) is 0. The Hall–Kier alpha value is -3.58. The van der Waals surface area contributed by atoms with Gasteiger partial charge in [-0.15, -0.1) is 0 Å². The summed E-state index contributed by atoms with van der Waals surface area (Å²) in [5.74, 6) is -1.58. The Balaban J connectivity index is 2.74. The number of ether oxygens (including phenoxy) is 1. The topological polar surface area (TPSA) is 154 Å². The van der Waals surface area contributed by atoms with Gasteiger partial charge in [-0.3, -0.25) is 9.59 Å². The van der Waals surface area contributed by atoms with Crippen LogP contribution in [0.15, 0.2) is 40.6 Å². The molecule has 1 aromatic heterocycles. The minimum atomic E-state index is -1.000. The molecule has 1 heterocycles. The largest absolute Gasteiger partial charge is 0.496 e. The van der Waals surface area contributed by atoms with E-state index in [4.69, 9.17) is 27.4 Å². The van der Waals surface area contributed by atoms with Crippen molar-refractivity contribution in [2.75, 3.05) is 7.11 Å². The molecule has 0 saturated carbocycles. The van der Waals surface area contributed by atoms with E-state index in [0.717, 1.165) is 0 Å². The zero-order valence-corrected chi connectivity index (χ0v) is 13.4. The molecule has 0 unspecified atom stereocenters. The molecule has 0 fully saturated rings. The van der Waals surface area contributed by atoms with E-state index in [1.54, 1.807) is 18.2 Å². The van der Waals surface area contributed by atoms with Gasteiger partial charge in [-0.05, 0) is 57.2 Å². The number of rotatable bonds is 4. The number of halogens is 1. The van der Waals surface area contributed by atoms with E-state index in [2.05, 4.69) is 25.0 Å². The van der Waals surface area contributed by atoms with Gasteiger partial charge in [0.2, 0.25) is 0 Å². The third-order valence-corrected chi connectivity index (χ3v) is 3.24. The Labute approximate surface area is 145 Å². The fourth-order valence-electron chi connectivity index (χ4n) is 1.99. The summed E-state index contributed by atoms with van der Waals surface area (Å²) in [6, 6.07) is 7.36. The number of methoxy groups -OCH3 is 1. The number of aromatic nitrogens is 1. The first-order chi connectivity index (χ1) is 12.0. The summed E-state index contributed by atoms with van der Waals surface area (Å²) in [5.41, 5.74) is 17.0. The summed E-state index contributed by atoms with van der Waals surface area (Å²) in [4.78, 5) is 32.2. The van der Waals surface area contributed by atoms with E-state index in [1.165, 1.54) is 19.2 Å². The van der Waals surface area contributed by atoms with Gasteiger partial charge in [-0.25, -0.2) is 4.98 Å². The number of hydrogen-bond acceptors (Lipinski definition) is 4. The van der Waals surface area contributed by atoms with Crippen molar-refractivity contribution in [3.63, 3.8) is 0 Å². The van der Waals surface area contributed by atoms with Crippen molar-refractivity contribution in [1.82, 2.24) is 4.98 Å². The normalized spacial score (nSPS) is 9.52. The van der Waals surface area contributed by atoms with Crippen LogP contribution >= 0.6 is 11.6 Å². The van der Waals surface area contributed by atoms with Crippen LogP contribution in [0.25, 0.3) is 32.0 Å². The van der Waals surface area contributed by atoms with Crippen LogP contribution in [-0.4, -0.2) is 23.9 Å². The Kier molecular flexibility index (Phi) is 5.54. The lowest BCUT2D eigenvalue weighted by Crippen LogP contribution is -2.06. The van der Waals surface area contributed by atoms with E-state index in [-0.39, 0.29) is 11.4 Å². The number of carbonyl (C=O) groups is 2. The van der Waals surface area contributed by atoms with Crippen LogP contribution in [0.3, 0.4) is 0 Å². The molecule has 2 rings (SSSR count). The lowest BCUT2D eigenvalue weighted by atomic mass is 10.0. The molecule has 0 aliphatic heterocycles. The predicted molar refractivity (Wildman–Crippen MR) is 88.2 cm³/mol. The van der Waals surface area contributed by atoms with Crippen molar-refractivity contribution in [2.24, 2.45) is 10.2 Å². The van der Waals surface area contributed by atoms with Crippen LogP contribution in [0.2, 0.25) is 5.02 Å². The molecular weight excluding hydrogens is 350 g/mol. The van der Waals surface area contributed by atoms with Gasteiger partial charge >= 0.3 is 0 Å². The molecule has 0 aliphatic carbocycles. The highest BCUT2D eigenvalue weighted by molar-refractivity contribution is 6.31. The van der Waals surface area contributed by atoms with E-state index < -0.39 is 11.8 Å². The molecule has 2 aromatic rings. The highest BCUT2D eigenvalue weighted by atomic mass is 35.5. The van der Waals surface area contributed by atoms with Gasteiger partial charge in [0.15, 0.2) is 0 Å². The molecule has 25 heavy (non-hydrogen) atoms. The molecule has 0 spiro atoms. The van der Waals surface area contributed by atoms with Crippen molar-refractivity contribution in [3.8, 4) is 16.9 Å². The van der Waals surface area contributed by atoms with Crippen LogP contribution in [0, 0.1) is 0 Å². The Morgan fingerprint density at radius 2 is 1.64 bits per heavy atom. The highest BCUT2D eigenvalue weighted by Gasteiger charge is 2.16. The maximum absolute atomic E-state index is 11.8. The minimum absolute atomic E-state index is 0.297. The quantitative estimate of drug-likeness (QED) is 0.454. The van der Waals surface area contributed by atoms with Gasteiger partial charge in [0.05, 0.1) is 7.11 Å². The molecular formula is C14H8ClN7O3. The van der Waals surface area contributed by atoms with Gasteiger partial charge in [0.1, 0.15) is 17.1 Å². The number of azide groups is 2. The standard InChI is InChI=1S/C14H8ClN7O3/c1-25-12-3-2-8(15)6-9(12)7-4-10(13(23)19-21-16)18-11(5-7)14(24)20-22-17/h2-6H,1H3. The molecule has 124 valence electrons.